The van der Waals surface area contributed by atoms with Crippen LogP contribution in [-0.4, -0.2) is 15.7 Å². The summed E-state index contributed by atoms with van der Waals surface area (Å²) in [4.78, 5) is 15.6. The molecule has 102 valence electrons. The van der Waals surface area contributed by atoms with Crippen molar-refractivity contribution in [3.05, 3.63) is 46.5 Å². The van der Waals surface area contributed by atoms with Gasteiger partial charge in [-0.3, -0.25) is 0 Å². The topological polar surface area (TPSA) is 67.9 Å². The molecule has 2 aromatic rings. The van der Waals surface area contributed by atoms with Gasteiger partial charge in [-0.1, -0.05) is 0 Å². The number of aromatic nitrogens is 2. The quantitative estimate of drug-likeness (QED) is 0.855. The van der Waals surface area contributed by atoms with E-state index in [-0.39, 0.29) is 11.8 Å². The molecule has 0 bridgehead atoms. The molecule has 0 aliphatic carbocycles. The zero-order valence-electron chi connectivity index (χ0n) is 11.6. The van der Waals surface area contributed by atoms with Crippen molar-refractivity contribution >= 4 is 0 Å². The van der Waals surface area contributed by atoms with Gasteiger partial charge in [-0.2, -0.15) is 10.2 Å². The Kier molecular flexibility index (Phi) is 3.85. The van der Waals surface area contributed by atoms with Crippen LogP contribution in [0.15, 0.2) is 35.3 Å². The van der Waals surface area contributed by atoms with E-state index < -0.39 is 0 Å². The molecule has 0 aliphatic heterocycles. The minimum Gasteiger partial charge on any atom is -0.491 e. The van der Waals surface area contributed by atoms with E-state index >= 15 is 0 Å². The van der Waals surface area contributed by atoms with Crippen molar-refractivity contribution < 1.29 is 4.74 Å². The molecule has 1 heterocycles. The number of nitriles is 1. The highest BCUT2D eigenvalue weighted by Crippen LogP contribution is 2.23. The molecular formula is C15H15N3O2. The average Bonchev–Trinajstić information content (AvgIpc) is 2.41. The molecule has 0 aliphatic rings. The third kappa shape index (κ3) is 2.86. The van der Waals surface area contributed by atoms with E-state index in [1.165, 1.54) is 10.8 Å². The summed E-state index contributed by atoms with van der Waals surface area (Å²) < 4.78 is 6.84. The first-order valence-corrected chi connectivity index (χ1v) is 6.26. The van der Waals surface area contributed by atoms with E-state index in [9.17, 15) is 4.79 Å². The lowest BCUT2D eigenvalue weighted by molar-refractivity contribution is 0.242. The van der Waals surface area contributed by atoms with E-state index in [0.29, 0.717) is 11.3 Å². The number of ether oxygens (including phenoxy) is 1. The van der Waals surface area contributed by atoms with E-state index in [2.05, 4.69) is 11.1 Å². The summed E-state index contributed by atoms with van der Waals surface area (Å²) in [6.07, 6.45) is 1.58. The highest BCUT2D eigenvalue weighted by molar-refractivity contribution is 5.66. The van der Waals surface area contributed by atoms with Gasteiger partial charge in [0.2, 0.25) is 0 Å². The Morgan fingerprint density at radius 2 is 1.95 bits per heavy atom. The monoisotopic (exact) mass is 269 g/mol. The molecule has 0 unspecified atom stereocenters. The molecular weight excluding hydrogens is 254 g/mol. The number of aryl methyl sites for hydroxylation is 1. The second-order valence-electron chi connectivity index (χ2n) is 4.70. The summed E-state index contributed by atoms with van der Waals surface area (Å²) in [5, 5.41) is 9.14. The summed E-state index contributed by atoms with van der Waals surface area (Å²) >= 11 is 0. The lowest BCUT2D eigenvalue weighted by atomic mass is 10.1. The van der Waals surface area contributed by atoms with Gasteiger partial charge >= 0.3 is 5.69 Å². The van der Waals surface area contributed by atoms with Gasteiger partial charge in [0.15, 0.2) is 0 Å². The number of rotatable bonds is 3. The van der Waals surface area contributed by atoms with Crippen molar-refractivity contribution in [3.63, 3.8) is 0 Å². The summed E-state index contributed by atoms with van der Waals surface area (Å²) in [5.74, 6) is 0.742. The summed E-state index contributed by atoms with van der Waals surface area (Å²) in [5.41, 5.74) is 1.09. The molecule has 20 heavy (non-hydrogen) atoms. The van der Waals surface area contributed by atoms with Crippen molar-refractivity contribution in [1.82, 2.24) is 9.55 Å². The molecule has 2 rings (SSSR count). The predicted molar refractivity (Wildman–Crippen MR) is 75.4 cm³/mol. The Hall–Kier alpha value is -2.61. The molecule has 0 atom stereocenters. The number of hydrogen-bond donors (Lipinski definition) is 0. The summed E-state index contributed by atoms with van der Waals surface area (Å²) in [6.45, 7) is 3.90. The van der Waals surface area contributed by atoms with Crippen LogP contribution in [0.2, 0.25) is 0 Å². The maximum atomic E-state index is 11.6. The van der Waals surface area contributed by atoms with Crippen LogP contribution in [0.3, 0.4) is 0 Å². The van der Waals surface area contributed by atoms with Gasteiger partial charge < -0.3 is 9.30 Å². The predicted octanol–water partition coefficient (Wildman–Crippen LogP) is 2.11. The lowest BCUT2D eigenvalue weighted by Crippen LogP contribution is -2.20. The van der Waals surface area contributed by atoms with Crippen LogP contribution >= 0.6 is 0 Å². The fraction of sp³-hybridized carbons (Fsp3) is 0.267. The summed E-state index contributed by atoms with van der Waals surface area (Å²) in [7, 11) is 1.57. The van der Waals surface area contributed by atoms with Gasteiger partial charge in [0.25, 0.3) is 0 Å². The molecule has 0 N–H and O–H groups in total. The number of hydrogen-bond acceptors (Lipinski definition) is 4. The van der Waals surface area contributed by atoms with Crippen LogP contribution in [0.5, 0.6) is 5.75 Å². The first-order valence-electron chi connectivity index (χ1n) is 6.26. The molecule has 0 radical (unpaired) electrons. The van der Waals surface area contributed by atoms with Gasteiger partial charge in [-0.05, 0) is 38.1 Å². The van der Waals surface area contributed by atoms with Crippen LogP contribution in [0, 0.1) is 11.3 Å². The number of benzene rings is 1. The second kappa shape index (κ2) is 5.57. The maximum absolute atomic E-state index is 11.6. The van der Waals surface area contributed by atoms with Gasteiger partial charge in [0.1, 0.15) is 11.8 Å². The van der Waals surface area contributed by atoms with Crippen molar-refractivity contribution in [3.8, 4) is 23.1 Å². The first kappa shape index (κ1) is 13.8. The maximum Gasteiger partial charge on any atom is 0.347 e. The van der Waals surface area contributed by atoms with E-state index in [1.807, 2.05) is 13.8 Å². The smallest absolute Gasteiger partial charge is 0.347 e. The Labute approximate surface area is 117 Å². The molecule has 1 aromatic heterocycles. The Bertz CT molecular complexity index is 709. The Balaban J connectivity index is 2.44. The van der Waals surface area contributed by atoms with E-state index in [1.54, 1.807) is 31.3 Å². The minimum atomic E-state index is -0.387. The average molecular weight is 269 g/mol. The molecule has 0 amide bonds. The Morgan fingerprint density at radius 3 is 2.50 bits per heavy atom. The SMILES string of the molecule is CC(C)Oc1ccc(-c2nc(=O)n(C)cc2C#N)cc1. The molecule has 0 saturated heterocycles. The molecule has 5 nitrogen and oxygen atoms in total. The minimum absolute atomic E-state index is 0.0951. The third-order valence-corrected chi connectivity index (χ3v) is 2.71. The molecule has 1 aromatic carbocycles. The van der Waals surface area contributed by atoms with Crippen LogP contribution in [0.1, 0.15) is 19.4 Å². The highest BCUT2D eigenvalue weighted by Gasteiger charge is 2.09. The fourth-order valence-corrected chi connectivity index (χ4v) is 1.81. The van der Waals surface area contributed by atoms with E-state index in [0.717, 1.165) is 11.3 Å². The zero-order valence-corrected chi connectivity index (χ0v) is 11.6. The largest absolute Gasteiger partial charge is 0.491 e. The third-order valence-electron chi connectivity index (χ3n) is 2.71. The van der Waals surface area contributed by atoms with Crippen LogP contribution in [0.4, 0.5) is 0 Å². The molecule has 5 heteroatoms. The standard InChI is InChI=1S/C15H15N3O2/c1-10(2)20-13-6-4-11(5-7-13)14-12(8-16)9-18(3)15(19)17-14/h4-7,9-10H,1-3H3. The van der Waals surface area contributed by atoms with Gasteiger partial charge in [-0.25, -0.2) is 4.79 Å². The molecule has 0 spiro atoms. The Morgan fingerprint density at radius 1 is 1.30 bits per heavy atom. The zero-order chi connectivity index (χ0) is 14.7. The normalized spacial score (nSPS) is 10.3. The van der Waals surface area contributed by atoms with Gasteiger partial charge in [0, 0.05) is 18.8 Å². The second-order valence-corrected chi connectivity index (χ2v) is 4.70. The van der Waals surface area contributed by atoms with Crippen molar-refractivity contribution in [1.29, 1.82) is 5.26 Å². The van der Waals surface area contributed by atoms with Crippen molar-refractivity contribution in [2.24, 2.45) is 7.05 Å². The van der Waals surface area contributed by atoms with Crippen molar-refractivity contribution in [2.75, 3.05) is 0 Å². The fourth-order valence-electron chi connectivity index (χ4n) is 1.81. The molecule has 0 fully saturated rings. The van der Waals surface area contributed by atoms with Crippen LogP contribution in [0.25, 0.3) is 11.3 Å². The number of nitrogens with zero attached hydrogens (tertiary/aromatic N) is 3. The van der Waals surface area contributed by atoms with Crippen LogP contribution in [-0.2, 0) is 7.05 Å². The summed E-state index contributed by atoms with van der Waals surface area (Å²) in [6, 6.07) is 9.24. The van der Waals surface area contributed by atoms with Crippen molar-refractivity contribution in [2.45, 2.75) is 20.0 Å². The first-order chi connectivity index (χ1) is 9.51. The highest BCUT2D eigenvalue weighted by atomic mass is 16.5. The van der Waals surface area contributed by atoms with Gasteiger partial charge in [-0.15, -0.1) is 0 Å². The lowest BCUT2D eigenvalue weighted by Gasteiger charge is -2.10. The van der Waals surface area contributed by atoms with E-state index in [4.69, 9.17) is 10.00 Å². The van der Waals surface area contributed by atoms with Gasteiger partial charge in [0.05, 0.1) is 17.4 Å². The molecule has 0 saturated carbocycles. The van der Waals surface area contributed by atoms with Crippen LogP contribution < -0.4 is 10.4 Å².